The van der Waals surface area contributed by atoms with Crippen LogP contribution in [-0.4, -0.2) is 27.0 Å². The smallest absolute Gasteiger partial charge is 0.301 e. The first-order valence-corrected chi connectivity index (χ1v) is 9.59. The van der Waals surface area contributed by atoms with E-state index >= 15 is 0 Å². The number of halogens is 1. The van der Waals surface area contributed by atoms with Crippen molar-refractivity contribution in [3.8, 4) is 0 Å². The Morgan fingerprint density at radius 3 is 2.36 bits per heavy atom. The van der Waals surface area contributed by atoms with Crippen molar-refractivity contribution in [3.05, 3.63) is 81.3 Å². The molecule has 0 unspecified atom stereocenters. The summed E-state index contributed by atoms with van der Waals surface area (Å²) >= 11 is 7.20. The fourth-order valence-corrected chi connectivity index (χ4v) is 3.97. The Bertz CT molecular complexity index is 1090. The molecule has 0 radical (unpaired) electrons. The quantitative estimate of drug-likeness (QED) is 0.398. The Morgan fingerprint density at radius 2 is 1.75 bits per heavy atom. The van der Waals surface area contributed by atoms with Crippen LogP contribution in [0.4, 0.5) is 5.13 Å². The highest BCUT2D eigenvalue weighted by Gasteiger charge is 2.48. The molecule has 1 fully saturated rings. The van der Waals surface area contributed by atoms with Crippen molar-refractivity contribution >= 4 is 45.5 Å². The number of carbonyl (C=O) groups is 2. The SMILES string of the molecule is Cc1nnc(N2C(=O)C(=O)C(=C(O)c3ccccc3)[C@@H]2c2ccc(Cl)cc2)s1. The molecule has 140 valence electrons. The summed E-state index contributed by atoms with van der Waals surface area (Å²) in [6, 6.07) is 14.6. The van der Waals surface area contributed by atoms with E-state index in [1.165, 1.54) is 16.2 Å². The summed E-state index contributed by atoms with van der Waals surface area (Å²) < 4.78 is 0. The summed E-state index contributed by atoms with van der Waals surface area (Å²) in [6.45, 7) is 1.76. The zero-order valence-electron chi connectivity index (χ0n) is 14.7. The summed E-state index contributed by atoms with van der Waals surface area (Å²) in [4.78, 5) is 27.0. The summed E-state index contributed by atoms with van der Waals surface area (Å²) in [6.07, 6.45) is 0. The first-order chi connectivity index (χ1) is 13.5. The minimum absolute atomic E-state index is 0.00590. The molecule has 1 N–H and O–H groups in total. The van der Waals surface area contributed by atoms with Gasteiger partial charge in [-0.05, 0) is 24.6 Å². The summed E-state index contributed by atoms with van der Waals surface area (Å²) in [5, 5.41) is 20.4. The lowest BCUT2D eigenvalue weighted by Gasteiger charge is -2.22. The maximum atomic E-state index is 12.9. The molecule has 6 nitrogen and oxygen atoms in total. The Balaban J connectivity index is 1.94. The topological polar surface area (TPSA) is 83.4 Å². The van der Waals surface area contributed by atoms with E-state index in [2.05, 4.69) is 10.2 Å². The third kappa shape index (κ3) is 3.08. The molecule has 2 heterocycles. The molecule has 2 aromatic carbocycles. The molecule has 1 amide bonds. The number of rotatable bonds is 3. The van der Waals surface area contributed by atoms with Crippen LogP contribution in [0.25, 0.3) is 5.76 Å². The molecule has 1 aromatic heterocycles. The van der Waals surface area contributed by atoms with Gasteiger partial charge in [0.25, 0.3) is 5.78 Å². The van der Waals surface area contributed by atoms with Gasteiger partial charge in [0.05, 0.1) is 11.6 Å². The summed E-state index contributed by atoms with van der Waals surface area (Å²) in [7, 11) is 0. The van der Waals surface area contributed by atoms with Crippen LogP contribution < -0.4 is 4.90 Å². The molecular weight excluding hydrogens is 398 g/mol. The number of aliphatic hydroxyl groups is 1. The second kappa shape index (κ2) is 7.18. The number of nitrogens with zero attached hydrogens (tertiary/aromatic N) is 3. The van der Waals surface area contributed by atoms with Crippen LogP contribution in [-0.2, 0) is 9.59 Å². The third-order valence-corrected chi connectivity index (χ3v) is 5.49. The highest BCUT2D eigenvalue weighted by Crippen LogP contribution is 2.43. The Hall–Kier alpha value is -3.03. The molecular formula is C20H14ClN3O3S. The molecule has 8 heteroatoms. The van der Waals surface area contributed by atoms with Crippen LogP contribution in [0.2, 0.25) is 5.02 Å². The van der Waals surface area contributed by atoms with Gasteiger partial charge in [0.1, 0.15) is 10.8 Å². The van der Waals surface area contributed by atoms with Crippen LogP contribution >= 0.6 is 22.9 Å². The van der Waals surface area contributed by atoms with Crippen molar-refractivity contribution in [1.29, 1.82) is 0 Å². The van der Waals surface area contributed by atoms with E-state index in [1.54, 1.807) is 61.5 Å². The number of hydrogen-bond donors (Lipinski definition) is 1. The molecule has 0 bridgehead atoms. The van der Waals surface area contributed by atoms with Gasteiger partial charge in [-0.3, -0.25) is 14.5 Å². The Labute approximate surface area is 169 Å². The summed E-state index contributed by atoms with van der Waals surface area (Å²) in [5.74, 6) is -1.76. The zero-order valence-corrected chi connectivity index (χ0v) is 16.2. The van der Waals surface area contributed by atoms with Gasteiger partial charge in [0, 0.05) is 10.6 Å². The minimum Gasteiger partial charge on any atom is -0.507 e. The number of aromatic nitrogens is 2. The molecule has 28 heavy (non-hydrogen) atoms. The predicted octanol–water partition coefficient (Wildman–Crippen LogP) is 4.13. The van der Waals surface area contributed by atoms with Gasteiger partial charge in [0.2, 0.25) is 5.13 Å². The molecule has 0 saturated carbocycles. The first kappa shape index (κ1) is 18.3. The number of ketones is 1. The number of Topliss-reactive ketones (excluding diaryl/α,β-unsaturated/α-hetero) is 1. The van der Waals surface area contributed by atoms with Crippen molar-refractivity contribution in [2.24, 2.45) is 0 Å². The Morgan fingerprint density at radius 1 is 1.07 bits per heavy atom. The number of amides is 1. The normalized spacial score (nSPS) is 18.6. The van der Waals surface area contributed by atoms with E-state index < -0.39 is 17.7 Å². The van der Waals surface area contributed by atoms with Crippen molar-refractivity contribution in [1.82, 2.24) is 10.2 Å². The standard InChI is InChI=1S/C20H14ClN3O3S/c1-11-22-23-20(28-11)24-16(12-7-9-14(21)10-8-12)15(18(26)19(24)27)17(25)13-5-3-2-4-6-13/h2-10,16,25H,1H3/t16-/m0/s1. The first-order valence-electron chi connectivity index (χ1n) is 8.39. The fraction of sp³-hybridized carbons (Fsp3) is 0.100. The van der Waals surface area contributed by atoms with Crippen molar-refractivity contribution < 1.29 is 14.7 Å². The van der Waals surface area contributed by atoms with Crippen LogP contribution in [0, 0.1) is 6.92 Å². The fourth-order valence-electron chi connectivity index (χ4n) is 3.13. The highest BCUT2D eigenvalue weighted by atomic mass is 35.5. The maximum absolute atomic E-state index is 12.9. The van der Waals surface area contributed by atoms with Gasteiger partial charge in [-0.1, -0.05) is 65.4 Å². The van der Waals surface area contributed by atoms with Crippen LogP contribution in [0.15, 0.2) is 60.2 Å². The lowest BCUT2D eigenvalue weighted by molar-refractivity contribution is -0.132. The van der Waals surface area contributed by atoms with Gasteiger partial charge >= 0.3 is 5.91 Å². The predicted molar refractivity (Wildman–Crippen MR) is 107 cm³/mol. The van der Waals surface area contributed by atoms with Crippen molar-refractivity contribution in [3.63, 3.8) is 0 Å². The minimum atomic E-state index is -0.829. The average Bonchev–Trinajstić information content (AvgIpc) is 3.24. The van der Waals surface area contributed by atoms with E-state index in [0.29, 0.717) is 26.3 Å². The second-order valence-electron chi connectivity index (χ2n) is 6.19. The van der Waals surface area contributed by atoms with E-state index in [1.807, 2.05) is 0 Å². The Kier molecular flexibility index (Phi) is 4.70. The lowest BCUT2D eigenvalue weighted by Crippen LogP contribution is -2.29. The molecule has 3 aromatic rings. The molecule has 4 rings (SSSR count). The van der Waals surface area contributed by atoms with Crippen LogP contribution in [0.5, 0.6) is 0 Å². The molecule has 1 aliphatic rings. The van der Waals surface area contributed by atoms with Crippen LogP contribution in [0.3, 0.4) is 0 Å². The molecule has 1 saturated heterocycles. The van der Waals surface area contributed by atoms with E-state index in [9.17, 15) is 14.7 Å². The number of aryl methyl sites for hydroxylation is 1. The van der Waals surface area contributed by atoms with Crippen molar-refractivity contribution in [2.45, 2.75) is 13.0 Å². The number of anilines is 1. The average molecular weight is 412 g/mol. The zero-order chi connectivity index (χ0) is 19.8. The maximum Gasteiger partial charge on any atom is 0.301 e. The molecule has 1 atom stereocenters. The number of aliphatic hydroxyl groups excluding tert-OH is 1. The largest absolute Gasteiger partial charge is 0.507 e. The van der Waals surface area contributed by atoms with Gasteiger partial charge < -0.3 is 5.11 Å². The van der Waals surface area contributed by atoms with E-state index in [4.69, 9.17) is 11.6 Å². The summed E-state index contributed by atoms with van der Waals surface area (Å²) in [5.41, 5.74) is 1.09. The molecule has 1 aliphatic heterocycles. The number of benzene rings is 2. The number of carbonyl (C=O) groups excluding carboxylic acids is 2. The number of hydrogen-bond acceptors (Lipinski definition) is 6. The van der Waals surface area contributed by atoms with Gasteiger partial charge in [-0.25, -0.2) is 0 Å². The van der Waals surface area contributed by atoms with Gasteiger partial charge in [-0.15, -0.1) is 10.2 Å². The van der Waals surface area contributed by atoms with Gasteiger partial charge in [-0.2, -0.15) is 0 Å². The highest BCUT2D eigenvalue weighted by molar-refractivity contribution is 7.15. The third-order valence-electron chi connectivity index (χ3n) is 4.40. The van der Waals surface area contributed by atoms with E-state index in [0.717, 1.165) is 0 Å². The molecule has 0 aliphatic carbocycles. The second-order valence-corrected chi connectivity index (χ2v) is 7.79. The van der Waals surface area contributed by atoms with Crippen LogP contribution in [0.1, 0.15) is 22.2 Å². The van der Waals surface area contributed by atoms with Crippen molar-refractivity contribution in [2.75, 3.05) is 4.90 Å². The van der Waals surface area contributed by atoms with Gasteiger partial charge in [0.15, 0.2) is 0 Å². The lowest BCUT2D eigenvalue weighted by atomic mass is 9.95. The van der Waals surface area contributed by atoms with E-state index in [-0.39, 0.29) is 11.3 Å². The monoisotopic (exact) mass is 411 g/mol. The molecule has 0 spiro atoms.